The molecule has 11 heteroatoms. The maximum absolute atomic E-state index is 12.5. The zero-order chi connectivity index (χ0) is 17.9. The number of ether oxygens (including phenoxy) is 1. The minimum absolute atomic E-state index is 0. The lowest BCUT2D eigenvalue weighted by Crippen LogP contribution is -2.38. The first-order chi connectivity index (χ1) is 11.2. The molecule has 0 saturated carbocycles. The van der Waals surface area contributed by atoms with Gasteiger partial charge in [-0.3, -0.25) is 14.9 Å². The molecule has 0 bridgehead atoms. The largest absolute Gasteiger partial charge is 0.484 e. The first kappa shape index (κ1) is 21.0. The summed E-state index contributed by atoms with van der Waals surface area (Å²) < 4.78 is 41.2. The molecule has 0 radical (unpaired) electrons. The van der Waals surface area contributed by atoms with Crippen LogP contribution in [0.4, 0.5) is 18.9 Å². The average molecular weight is 384 g/mol. The molecule has 0 aromatic heterocycles. The van der Waals surface area contributed by atoms with Gasteiger partial charge in [0.25, 0.3) is 11.6 Å². The van der Waals surface area contributed by atoms with Crippen molar-refractivity contribution in [3.05, 3.63) is 33.9 Å². The van der Waals surface area contributed by atoms with Crippen LogP contribution in [0.2, 0.25) is 0 Å². The highest BCUT2D eigenvalue weighted by atomic mass is 35.5. The predicted molar refractivity (Wildman–Crippen MR) is 85.3 cm³/mol. The van der Waals surface area contributed by atoms with E-state index in [-0.39, 0.29) is 29.8 Å². The number of likely N-dealkylation sites (N-methyl/N-ethyl adjacent to an activating group) is 1. The normalized spacial score (nSPS) is 16.9. The topological polar surface area (TPSA) is 84.7 Å². The first-order valence-corrected chi connectivity index (χ1v) is 7.15. The zero-order valence-corrected chi connectivity index (χ0v) is 14.0. The van der Waals surface area contributed by atoms with Crippen molar-refractivity contribution in [3.8, 4) is 5.75 Å². The second kappa shape index (κ2) is 8.34. The summed E-state index contributed by atoms with van der Waals surface area (Å²) in [5.41, 5.74) is -0.772. The third kappa shape index (κ3) is 5.46. The highest BCUT2D eigenvalue weighted by Gasteiger charge is 2.31. The number of rotatable bonds is 5. The van der Waals surface area contributed by atoms with Gasteiger partial charge in [0.05, 0.1) is 4.92 Å². The molecule has 0 spiro atoms. The molecule has 1 amide bonds. The fraction of sp³-hybridized carbons (Fsp3) is 0.500. The fourth-order valence-corrected chi connectivity index (χ4v) is 2.43. The molecule has 1 saturated heterocycles. The molecule has 1 aromatic rings. The van der Waals surface area contributed by atoms with Gasteiger partial charge in [0.15, 0.2) is 6.61 Å². The highest BCUT2D eigenvalue weighted by molar-refractivity contribution is 5.98. The zero-order valence-electron chi connectivity index (χ0n) is 13.2. The lowest BCUT2D eigenvalue weighted by Gasteiger charge is -2.23. The van der Waals surface area contributed by atoms with Crippen molar-refractivity contribution in [1.82, 2.24) is 10.2 Å². The molecule has 0 aliphatic carbocycles. The molecule has 1 aliphatic rings. The van der Waals surface area contributed by atoms with Crippen molar-refractivity contribution in [2.45, 2.75) is 18.6 Å². The summed E-state index contributed by atoms with van der Waals surface area (Å²) >= 11 is 0. The van der Waals surface area contributed by atoms with E-state index in [0.29, 0.717) is 13.0 Å². The number of carbonyl (C=O) groups is 1. The number of amides is 1. The Bertz CT molecular complexity index is 636. The van der Waals surface area contributed by atoms with Crippen molar-refractivity contribution in [1.29, 1.82) is 0 Å². The predicted octanol–water partition coefficient (Wildman–Crippen LogP) is 2.39. The molecule has 1 unspecified atom stereocenters. The van der Waals surface area contributed by atoms with Crippen LogP contribution in [0.5, 0.6) is 5.75 Å². The second-order valence-electron chi connectivity index (χ2n) is 5.40. The van der Waals surface area contributed by atoms with E-state index in [4.69, 9.17) is 0 Å². The van der Waals surface area contributed by atoms with E-state index >= 15 is 0 Å². The lowest BCUT2D eigenvalue weighted by atomic mass is 10.1. The Labute approximate surface area is 147 Å². The van der Waals surface area contributed by atoms with Gasteiger partial charge in [0.2, 0.25) is 0 Å². The third-order valence-electron chi connectivity index (χ3n) is 3.70. The van der Waals surface area contributed by atoms with E-state index < -0.39 is 29.3 Å². The Kier molecular flexibility index (Phi) is 7.00. The first-order valence-electron chi connectivity index (χ1n) is 7.15. The monoisotopic (exact) mass is 383 g/mol. The molecule has 1 heterocycles. The average Bonchev–Trinajstić information content (AvgIpc) is 3.04. The smallest absolute Gasteiger partial charge is 0.422 e. The summed E-state index contributed by atoms with van der Waals surface area (Å²) in [4.78, 5) is 24.2. The quantitative estimate of drug-likeness (QED) is 0.623. The minimum atomic E-state index is -4.54. The van der Waals surface area contributed by atoms with Crippen LogP contribution in [-0.2, 0) is 0 Å². The Morgan fingerprint density at radius 2 is 2.16 bits per heavy atom. The van der Waals surface area contributed by atoms with Crippen LogP contribution >= 0.6 is 12.4 Å². The van der Waals surface area contributed by atoms with E-state index in [0.717, 1.165) is 24.7 Å². The van der Waals surface area contributed by atoms with Crippen molar-refractivity contribution in [3.63, 3.8) is 0 Å². The number of hydrogen-bond acceptors (Lipinski definition) is 5. The summed E-state index contributed by atoms with van der Waals surface area (Å²) in [6, 6.07) is 2.86. The number of halogens is 4. The molecular formula is C14H17ClF3N3O4. The molecule has 1 aromatic carbocycles. The molecule has 7 nitrogen and oxygen atoms in total. The van der Waals surface area contributed by atoms with Crippen LogP contribution < -0.4 is 10.1 Å². The minimum Gasteiger partial charge on any atom is -0.484 e. The van der Waals surface area contributed by atoms with E-state index in [1.807, 2.05) is 0 Å². The van der Waals surface area contributed by atoms with Gasteiger partial charge in [-0.15, -0.1) is 12.4 Å². The van der Waals surface area contributed by atoms with E-state index in [2.05, 4.69) is 10.1 Å². The van der Waals surface area contributed by atoms with Gasteiger partial charge >= 0.3 is 6.18 Å². The Morgan fingerprint density at radius 1 is 1.48 bits per heavy atom. The van der Waals surface area contributed by atoms with Gasteiger partial charge in [-0.1, -0.05) is 0 Å². The fourth-order valence-electron chi connectivity index (χ4n) is 2.43. The number of nitro benzene ring substituents is 1. The van der Waals surface area contributed by atoms with Crippen LogP contribution in [0, 0.1) is 10.1 Å². The number of nitro groups is 1. The van der Waals surface area contributed by atoms with Gasteiger partial charge in [0.1, 0.15) is 11.3 Å². The van der Waals surface area contributed by atoms with Crippen molar-refractivity contribution in [2.75, 3.05) is 26.7 Å². The van der Waals surface area contributed by atoms with Crippen LogP contribution in [0.3, 0.4) is 0 Å². The summed E-state index contributed by atoms with van der Waals surface area (Å²) in [6.07, 6.45) is -3.85. The number of benzene rings is 1. The molecule has 1 aliphatic heterocycles. The van der Waals surface area contributed by atoms with Crippen LogP contribution in [0.1, 0.15) is 16.8 Å². The number of carbonyl (C=O) groups excluding carboxylic acids is 1. The van der Waals surface area contributed by atoms with Gasteiger partial charge < -0.3 is 15.0 Å². The highest BCUT2D eigenvalue weighted by Crippen LogP contribution is 2.27. The Hall–Kier alpha value is -2.07. The van der Waals surface area contributed by atoms with Crippen LogP contribution in [0.25, 0.3) is 0 Å². The van der Waals surface area contributed by atoms with Crippen molar-refractivity contribution >= 4 is 24.0 Å². The van der Waals surface area contributed by atoms with Gasteiger partial charge in [-0.25, -0.2) is 0 Å². The molecule has 140 valence electrons. The van der Waals surface area contributed by atoms with Gasteiger partial charge in [-0.2, -0.15) is 13.2 Å². The van der Waals surface area contributed by atoms with E-state index in [9.17, 15) is 28.1 Å². The van der Waals surface area contributed by atoms with Gasteiger partial charge in [0, 0.05) is 25.7 Å². The van der Waals surface area contributed by atoms with Crippen molar-refractivity contribution in [2.24, 2.45) is 0 Å². The summed E-state index contributed by atoms with van der Waals surface area (Å²) in [5.74, 6) is -0.882. The number of nitrogens with zero attached hydrogens (tertiary/aromatic N) is 2. The second-order valence-corrected chi connectivity index (χ2v) is 5.40. The van der Waals surface area contributed by atoms with E-state index in [1.165, 1.54) is 11.9 Å². The summed E-state index contributed by atoms with van der Waals surface area (Å²) in [7, 11) is 1.51. The Balaban J connectivity index is 0.00000312. The molecule has 1 N–H and O–H groups in total. The van der Waals surface area contributed by atoms with Crippen LogP contribution in [-0.4, -0.2) is 54.7 Å². The number of alkyl halides is 3. The van der Waals surface area contributed by atoms with Crippen LogP contribution in [0.15, 0.2) is 18.2 Å². The lowest BCUT2D eigenvalue weighted by molar-refractivity contribution is -0.385. The maximum Gasteiger partial charge on any atom is 0.422 e. The number of nitrogens with one attached hydrogen (secondary N) is 1. The van der Waals surface area contributed by atoms with Crippen molar-refractivity contribution < 1.29 is 27.6 Å². The summed E-state index contributed by atoms with van der Waals surface area (Å²) in [6.45, 7) is -0.264. The molecule has 2 rings (SSSR count). The number of hydrogen-bond donors (Lipinski definition) is 1. The molecule has 25 heavy (non-hydrogen) atoms. The van der Waals surface area contributed by atoms with E-state index in [1.54, 1.807) is 0 Å². The van der Waals surface area contributed by atoms with Gasteiger partial charge in [-0.05, 0) is 25.1 Å². The molecule has 1 atom stereocenters. The SMILES string of the molecule is CN(C(=O)c1cc(OCC(F)(F)F)ccc1[N+](=O)[O-])C1CCNC1.Cl. The third-order valence-corrected chi connectivity index (χ3v) is 3.70. The molecular weight excluding hydrogens is 367 g/mol. The molecule has 1 fully saturated rings. The standard InChI is InChI=1S/C14H16F3N3O4.ClH/c1-19(9-4-5-18-7-9)13(21)11-6-10(24-8-14(15,16)17)2-3-12(11)20(22)23;/h2-3,6,9,18H,4-5,7-8H2,1H3;1H. The summed E-state index contributed by atoms with van der Waals surface area (Å²) in [5, 5.41) is 14.2. The maximum atomic E-state index is 12.5. The Morgan fingerprint density at radius 3 is 2.68 bits per heavy atom.